The van der Waals surface area contributed by atoms with Gasteiger partial charge in [-0.25, -0.2) is 0 Å². The molecule has 0 bridgehead atoms. The largest absolute Gasteiger partial charge is 0.488 e. The van der Waals surface area contributed by atoms with Gasteiger partial charge in [0, 0.05) is 5.41 Å². The minimum absolute atomic E-state index is 0.00504. The maximum absolute atomic E-state index is 12.2. The minimum Gasteiger partial charge on any atom is -0.488 e. The molecule has 1 aliphatic rings. The highest BCUT2D eigenvalue weighted by molar-refractivity contribution is 5.77. The highest BCUT2D eigenvalue weighted by Crippen LogP contribution is 2.45. The van der Waals surface area contributed by atoms with Crippen LogP contribution in [0.2, 0.25) is 0 Å². The fraction of sp³-hybridized carbons (Fsp3) is 0.519. The van der Waals surface area contributed by atoms with Gasteiger partial charge in [-0.05, 0) is 89.8 Å². The fourth-order valence-electron chi connectivity index (χ4n) is 4.20. The molecule has 0 heterocycles. The number of carbonyl (C=O) groups excluding carboxylic acids is 1. The summed E-state index contributed by atoms with van der Waals surface area (Å²) in [6.45, 7) is 11.8. The lowest BCUT2D eigenvalue weighted by Gasteiger charge is -2.39. The Morgan fingerprint density at radius 3 is 1.63 bits per heavy atom. The second kappa shape index (κ2) is 8.45. The Labute approximate surface area is 181 Å². The highest BCUT2D eigenvalue weighted by Gasteiger charge is 2.36. The summed E-state index contributed by atoms with van der Waals surface area (Å²) < 4.78 is 11.6. The summed E-state index contributed by atoms with van der Waals surface area (Å²) in [5, 5.41) is 0. The molecule has 2 aromatic rings. The Balaban J connectivity index is 1.88. The summed E-state index contributed by atoms with van der Waals surface area (Å²) in [6, 6.07) is 16.8. The number of hydrogen-bond donors (Lipinski definition) is 0. The van der Waals surface area contributed by atoms with Crippen molar-refractivity contribution in [3.63, 3.8) is 0 Å². The molecule has 3 nitrogen and oxygen atoms in total. The van der Waals surface area contributed by atoms with E-state index in [0.29, 0.717) is 5.75 Å². The fourth-order valence-corrected chi connectivity index (χ4v) is 4.20. The molecule has 0 aromatic heterocycles. The molecule has 30 heavy (non-hydrogen) atoms. The van der Waals surface area contributed by atoms with Crippen LogP contribution in [0.4, 0.5) is 0 Å². The molecular weight excluding hydrogens is 372 g/mol. The van der Waals surface area contributed by atoms with E-state index in [4.69, 9.17) is 9.47 Å². The van der Waals surface area contributed by atoms with Crippen molar-refractivity contribution in [1.82, 2.24) is 0 Å². The average molecular weight is 409 g/mol. The lowest BCUT2D eigenvalue weighted by molar-refractivity contribution is -0.143. The summed E-state index contributed by atoms with van der Waals surface area (Å²) in [5.41, 5.74) is 1.92. The third kappa shape index (κ3) is 5.24. The molecule has 0 saturated heterocycles. The zero-order valence-electron chi connectivity index (χ0n) is 19.4. The number of hydrogen-bond acceptors (Lipinski definition) is 3. The molecule has 0 unspecified atom stereocenters. The zero-order valence-corrected chi connectivity index (χ0v) is 19.4. The van der Waals surface area contributed by atoms with E-state index in [9.17, 15) is 4.79 Å². The van der Waals surface area contributed by atoms with Crippen LogP contribution in [0, 0.1) is 5.41 Å². The van der Waals surface area contributed by atoms with Gasteiger partial charge in [0.1, 0.15) is 17.1 Å². The second-order valence-corrected chi connectivity index (χ2v) is 10.5. The van der Waals surface area contributed by atoms with Gasteiger partial charge in [-0.2, -0.15) is 0 Å². The van der Waals surface area contributed by atoms with E-state index < -0.39 is 5.41 Å². The van der Waals surface area contributed by atoms with Crippen molar-refractivity contribution in [1.29, 1.82) is 0 Å². The van der Waals surface area contributed by atoms with Crippen LogP contribution in [0.1, 0.15) is 84.8 Å². The first-order valence-electron chi connectivity index (χ1n) is 11.1. The topological polar surface area (TPSA) is 35.5 Å². The lowest BCUT2D eigenvalue weighted by Crippen LogP contribution is -2.30. The van der Waals surface area contributed by atoms with Gasteiger partial charge < -0.3 is 9.47 Å². The molecule has 1 aliphatic carbocycles. The van der Waals surface area contributed by atoms with Crippen molar-refractivity contribution in [2.45, 2.75) is 84.7 Å². The minimum atomic E-state index is -0.514. The first kappa shape index (κ1) is 22.4. The number of carbonyl (C=O) groups is 1. The maximum atomic E-state index is 12.2. The van der Waals surface area contributed by atoms with Crippen LogP contribution in [-0.2, 0) is 10.2 Å². The van der Waals surface area contributed by atoms with E-state index in [-0.39, 0.29) is 17.0 Å². The maximum Gasteiger partial charge on any atom is 0.316 e. The highest BCUT2D eigenvalue weighted by atomic mass is 16.5. The van der Waals surface area contributed by atoms with Gasteiger partial charge in [0.2, 0.25) is 0 Å². The van der Waals surface area contributed by atoms with Crippen LogP contribution in [-0.4, -0.2) is 11.6 Å². The second-order valence-electron chi connectivity index (χ2n) is 10.5. The smallest absolute Gasteiger partial charge is 0.316 e. The van der Waals surface area contributed by atoms with Crippen LogP contribution >= 0.6 is 0 Å². The molecular formula is C27H36O3. The SMILES string of the molecule is CC(C)(C)Oc1ccc(C2(c3ccc(OC(=O)C(C)(C)C)cc3)CCCCC2)cc1. The molecule has 0 amide bonds. The Morgan fingerprint density at radius 2 is 1.20 bits per heavy atom. The van der Waals surface area contributed by atoms with Gasteiger partial charge in [-0.1, -0.05) is 43.5 Å². The quantitative estimate of drug-likeness (QED) is 0.401. The predicted octanol–water partition coefficient (Wildman–Crippen LogP) is 7.07. The molecule has 0 aliphatic heterocycles. The molecule has 0 N–H and O–H groups in total. The Hall–Kier alpha value is -2.29. The van der Waals surface area contributed by atoms with Gasteiger partial charge in [0.05, 0.1) is 5.41 Å². The van der Waals surface area contributed by atoms with E-state index in [2.05, 4.69) is 57.2 Å². The molecule has 0 spiro atoms. The van der Waals surface area contributed by atoms with Crippen molar-refractivity contribution in [3.8, 4) is 11.5 Å². The number of ether oxygens (including phenoxy) is 2. The monoisotopic (exact) mass is 408 g/mol. The van der Waals surface area contributed by atoms with Crippen molar-refractivity contribution < 1.29 is 14.3 Å². The molecule has 0 radical (unpaired) electrons. The number of rotatable bonds is 4. The average Bonchev–Trinajstić information content (AvgIpc) is 2.67. The Kier molecular flexibility index (Phi) is 6.31. The molecule has 162 valence electrons. The summed E-state index contributed by atoms with van der Waals surface area (Å²) in [5.74, 6) is 1.30. The van der Waals surface area contributed by atoms with Gasteiger partial charge in [0.25, 0.3) is 0 Å². The molecule has 3 rings (SSSR count). The van der Waals surface area contributed by atoms with E-state index in [1.807, 2.05) is 32.9 Å². The molecule has 1 saturated carbocycles. The Bertz CT molecular complexity index is 843. The number of benzene rings is 2. The molecule has 0 atom stereocenters. The summed E-state index contributed by atoms with van der Waals surface area (Å²) in [7, 11) is 0. The summed E-state index contributed by atoms with van der Waals surface area (Å²) in [6.07, 6.45) is 6.00. The molecule has 1 fully saturated rings. The Morgan fingerprint density at radius 1 is 0.733 bits per heavy atom. The van der Waals surface area contributed by atoms with E-state index in [1.54, 1.807) is 0 Å². The normalized spacial score (nSPS) is 16.7. The van der Waals surface area contributed by atoms with Gasteiger partial charge in [0.15, 0.2) is 0 Å². The van der Waals surface area contributed by atoms with Crippen molar-refractivity contribution in [3.05, 3.63) is 59.7 Å². The first-order chi connectivity index (χ1) is 14.0. The zero-order chi connectivity index (χ0) is 22.0. The van der Waals surface area contributed by atoms with E-state index >= 15 is 0 Å². The summed E-state index contributed by atoms with van der Waals surface area (Å²) in [4.78, 5) is 12.2. The van der Waals surface area contributed by atoms with Crippen molar-refractivity contribution >= 4 is 5.97 Å². The van der Waals surface area contributed by atoms with E-state index in [0.717, 1.165) is 18.6 Å². The van der Waals surface area contributed by atoms with Crippen LogP contribution in [0.3, 0.4) is 0 Å². The van der Waals surface area contributed by atoms with Crippen LogP contribution < -0.4 is 9.47 Å². The van der Waals surface area contributed by atoms with Gasteiger partial charge >= 0.3 is 5.97 Å². The van der Waals surface area contributed by atoms with Crippen LogP contribution in [0.15, 0.2) is 48.5 Å². The van der Waals surface area contributed by atoms with Crippen LogP contribution in [0.25, 0.3) is 0 Å². The predicted molar refractivity (Wildman–Crippen MR) is 122 cm³/mol. The van der Waals surface area contributed by atoms with Crippen molar-refractivity contribution in [2.75, 3.05) is 0 Å². The summed E-state index contributed by atoms with van der Waals surface area (Å²) >= 11 is 0. The molecule has 2 aromatic carbocycles. The number of esters is 1. The molecule has 3 heteroatoms. The third-order valence-electron chi connectivity index (χ3n) is 5.77. The van der Waals surface area contributed by atoms with E-state index in [1.165, 1.54) is 30.4 Å². The lowest BCUT2D eigenvalue weighted by atomic mass is 9.65. The standard InChI is InChI=1S/C27H36O3/c1-25(2,3)24(28)29-22-14-10-20(11-15-22)27(18-8-7-9-19-27)21-12-16-23(17-13-21)30-26(4,5)6/h10-17H,7-9,18-19H2,1-6H3. The third-order valence-corrected chi connectivity index (χ3v) is 5.77. The van der Waals surface area contributed by atoms with Gasteiger partial charge in [-0.15, -0.1) is 0 Å². The first-order valence-corrected chi connectivity index (χ1v) is 11.1. The van der Waals surface area contributed by atoms with Crippen LogP contribution in [0.5, 0.6) is 11.5 Å². The van der Waals surface area contributed by atoms with Crippen molar-refractivity contribution in [2.24, 2.45) is 5.41 Å². The van der Waals surface area contributed by atoms with Gasteiger partial charge in [-0.3, -0.25) is 4.79 Å².